The van der Waals surface area contributed by atoms with Crippen molar-refractivity contribution in [2.24, 2.45) is 0 Å². The molecule has 2 heterocycles. The summed E-state index contributed by atoms with van der Waals surface area (Å²) < 4.78 is 1.34. The van der Waals surface area contributed by atoms with E-state index in [2.05, 4.69) is 29.2 Å². The van der Waals surface area contributed by atoms with E-state index in [0.717, 1.165) is 12.0 Å². The third-order valence-corrected chi connectivity index (χ3v) is 5.63. The normalized spacial score (nSPS) is 28.7. The van der Waals surface area contributed by atoms with Crippen LogP contribution in [-0.2, 0) is 0 Å². The Morgan fingerprint density at radius 3 is 2.67 bits per heavy atom. The molecule has 2 aromatic rings. The Labute approximate surface area is 112 Å². The van der Waals surface area contributed by atoms with Gasteiger partial charge in [-0.1, -0.05) is 12.1 Å². The number of hydrogen-bond donors (Lipinski definition) is 0. The highest BCUT2D eigenvalue weighted by Crippen LogP contribution is 2.43. The number of para-hydroxylation sites is 1. The number of aromatic nitrogens is 1. The summed E-state index contributed by atoms with van der Waals surface area (Å²) in [6.45, 7) is 2.66. The zero-order valence-electron chi connectivity index (χ0n) is 10.5. The third-order valence-electron chi connectivity index (χ3n) is 4.43. The van der Waals surface area contributed by atoms with Gasteiger partial charge in [0.05, 0.1) is 15.2 Å². The van der Waals surface area contributed by atoms with Crippen molar-refractivity contribution in [3.05, 3.63) is 29.3 Å². The largest absolute Gasteiger partial charge is 0.300 e. The van der Waals surface area contributed by atoms with Gasteiger partial charge in [0.1, 0.15) is 0 Å². The van der Waals surface area contributed by atoms with Gasteiger partial charge in [-0.3, -0.25) is 0 Å². The van der Waals surface area contributed by atoms with E-state index in [1.54, 1.807) is 0 Å². The molecule has 0 radical (unpaired) electrons. The minimum atomic E-state index is 0.730. The van der Waals surface area contributed by atoms with Crippen LogP contribution in [-0.4, -0.2) is 29.0 Å². The molecule has 0 atom stereocenters. The lowest BCUT2D eigenvalue weighted by atomic mass is 9.80. The van der Waals surface area contributed by atoms with E-state index in [9.17, 15) is 0 Å². The monoisotopic (exact) mass is 258 g/mol. The number of nitrogens with zero attached hydrogens (tertiary/aromatic N) is 2. The highest BCUT2D eigenvalue weighted by Gasteiger charge is 2.36. The van der Waals surface area contributed by atoms with Crippen LogP contribution in [0.5, 0.6) is 0 Å². The van der Waals surface area contributed by atoms with Crippen LogP contribution in [0.15, 0.2) is 24.3 Å². The van der Waals surface area contributed by atoms with E-state index in [0.29, 0.717) is 0 Å². The molecule has 4 rings (SSSR count). The van der Waals surface area contributed by atoms with Gasteiger partial charge in [0.15, 0.2) is 0 Å². The van der Waals surface area contributed by atoms with Crippen molar-refractivity contribution in [2.45, 2.75) is 37.6 Å². The van der Waals surface area contributed by atoms with Crippen LogP contribution < -0.4 is 0 Å². The molecule has 94 valence electrons. The van der Waals surface area contributed by atoms with Gasteiger partial charge in [-0.2, -0.15) is 0 Å². The number of rotatable bonds is 2. The van der Waals surface area contributed by atoms with E-state index in [1.165, 1.54) is 54.0 Å². The van der Waals surface area contributed by atoms with Gasteiger partial charge in [-0.25, -0.2) is 4.98 Å². The van der Waals surface area contributed by atoms with Crippen molar-refractivity contribution in [3.63, 3.8) is 0 Å². The van der Waals surface area contributed by atoms with E-state index < -0.39 is 0 Å². The van der Waals surface area contributed by atoms with Crippen LogP contribution in [0.2, 0.25) is 0 Å². The summed E-state index contributed by atoms with van der Waals surface area (Å²) in [5, 5.41) is 1.37. The quantitative estimate of drug-likeness (QED) is 0.817. The first-order valence-corrected chi connectivity index (χ1v) is 7.81. The first-order chi connectivity index (χ1) is 8.90. The Kier molecular flexibility index (Phi) is 2.63. The van der Waals surface area contributed by atoms with Crippen LogP contribution in [0.3, 0.4) is 0 Å². The van der Waals surface area contributed by atoms with Crippen molar-refractivity contribution >= 4 is 21.6 Å². The van der Waals surface area contributed by atoms with Crippen LogP contribution in [0.25, 0.3) is 10.2 Å². The molecule has 0 unspecified atom stereocenters. The van der Waals surface area contributed by atoms with E-state index in [4.69, 9.17) is 4.98 Å². The molecule has 0 spiro atoms. The second kappa shape index (κ2) is 4.32. The predicted octanol–water partition coefficient (Wildman–Crippen LogP) is 3.64. The molecule has 2 aliphatic rings. The molecule has 1 aromatic carbocycles. The lowest BCUT2D eigenvalue weighted by Crippen LogP contribution is -2.42. The smallest absolute Gasteiger partial charge is 0.0970 e. The van der Waals surface area contributed by atoms with Gasteiger partial charge in [-0.05, 0) is 50.9 Å². The lowest BCUT2D eigenvalue weighted by molar-refractivity contribution is 0.136. The summed E-state index contributed by atoms with van der Waals surface area (Å²) in [4.78, 5) is 7.48. The number of hydrogen-bond acceptors (Lipinski definition) is 3. The summed E-state index contributed by atoms with van der Waals surface area (Å²) in [5.74, 6) is 0.730. The molecule has 1 aliphatic carbocycles. The minimum absolute atomic E-state index is 0.730. The molecule has 1 saturated heterocycles. The Bertz CT molecular complexity index is 517. The van der Waals surface area contributed by atoms with Crippen molar-refractivity contribution in [3.8, 4) is 0 Å². The van der Waals surface area contributed by atoms with E-state index in [-0.39, 0.29) is 0 Å². The standard InChI is InChI=1S/C15H18N2S/c1-2-6-14-13(5-1)16-15(18-14)11-9-12(10-11)17-7-3-4-8-17/h1-2,5-6,11-12H,3-4,7-10H2. The molecular formula is C15H18N2S. The van der Waals surface area contributed by atoms with Crippen molar-refractivity contribution in [1.82, 2.24) is 9.88 Å². The second-order valence-corrected chi connectivity index (χ2v) is 6.65. The van der Waals surface area contributed by atoms with Crippen LogP contribution >= 0.6 is 11.3 Å². The van der Waals surface area contributed by atoms with Crippen molar-refractivity contribution in [1.29, 1.82) is 0 Å². The summed E-state index contributed by atoms with van der Waals surface area (Å²) in [6, 6.07) is 9.36. The van der Waals surface area contributed by atoms with E-state index in [1.807, 2.05) is 11.3 Å². The average molecular weight is 258 g/mol. The fraction of sp³-hybridized carbons (Fsp3) is 0.533. The topological polar surface area (TPSA) is 16.1 Å². The Balaban J connectivity index is 1.48. The van der Waals surface area contributed by atoms with Crippen molar-refractivity contribution in [2.75, 3.05) is 13.1 Å². The molecule has 2 nitrogen and oxygen atoms in total. The van der Waals surface area contributed by atoms with Gasteiger partial charge >= 0.3 is 0 Å². The Morgan fingerprint density at radius 2 is 1.89 bits per heavy atom. The molecule has 0 bridgehead atoms. The highest BCUT2D eigenvalue weighted by atomic mass is 32.1. The van der Waals surface area contributed by atoms with Crippen LogP contribution in [0.1, 0.15) is 36.6 Å². The van der Waals surface area contributed by atoms with Gasteiger partial charge in [-0.15, -0.1) is 11.3 Å². The maximum atomic E-state index is 4.80. The third kappa shape index (κ3) is 1.77. The number of benzene rings is 1. The predicted molar refractivity (Wildman–Crippen MR) is 76.2 cm³/mol. The molecule has 1 aromatic heterocycles. The SMILES string of the molecule is c1ccc2sc(C3CC(N4CCCC4)C3)nc2c1. The molecule has 0 N–H and O–H groups in total. The van der Waals surface area contributed by atoms with Crippen molar-refractivity contribution < 1.29 is 0 Å². The van der Waals surface area contributed by atoms with Gasteiger partial charge in [0.2, 0.25) is 0 Å². The van der Waals surface area contributed by atoms with Gasteiger partial charge in [0, 0.05) is 12.0 Å². The second-order valence-electron chi connectivity index (χ2n) is 5.59. The number of likely N-dealkylation sites (tertiary alicyclic amines) is 1. The lowest BCUT2D eigenvalue weighted by Gasteiger charge is -2.40. The maximum absolute atomic E-state index is 4.80. The number of fused-ring (bicyclic) bond motifs is 1. The minimum Gasteiger partial charge on any atom is -0.300 e. The van der Waals surface area contributed by atoms with Crippen LogP contribution in [0.4, 0.5) is 0 Å². The maximum Gasteiger partial charge on any atom is 0.0970 e. The molecule has 1 aliphatic heterocycles. The fourth-order valence-electron chi connectivity index (χ4n) is 3.26. The molecular weight excluding hydrogens is 240 g/mol. The Hall–Kier alpha value is -0.930. The van der Waals surface area contributed by atoms with Gasteiger partial charge in [0.25, 0.3) is 0 Å². The summed E-state index contributed by atoms with van der Waals surface area (Å²) in [6.07, 6.45) is 5.48. The van der Waals surface area contributed by atoms with E-state index >= 15 is 0 Å². The Morgan fingerprint density at radius 1 is 1.11 bits per heavy atom. The molecule has 0 amide bonds. The molecule has 18 heavy (non-hydrogen) atoms. The number of thiazole rings is 1. The summed E-state index contributed by atoms with van der Waals surface area (Å²) in [7, 11) is 0. The zero-order valence-corrected chi connectivity index (χ0v) is 11.3. The summed E-state index contributed by atoms with van der Waals surface area (Å²) >= 11 is 1.90. The fourth-order valence-corrected chi connectivity index (χ4v) is 4.35. The highest BCUT2D eigenvalue weighted by molar-refractivity contribution is 7.18. The zero-order chi connectivity index (χ0) is 11.9. The molecule has 2 fully saturated rings. The first-order valence-electron chi connectivity index (χ1n) is 7.00. The average Bonchev–Trinajstić information content (AvgIpc) is 2.94. The van der Waals surface area contributed by atoms with Gasteiger partial charge < -0.3 is 4.90 Å². The molecule has 3 heteroatoms. The van der Waals surface area contributed by atoms with Crippen LogP contribution in [0, 0.1) is 0 Å². The first kappa shape index (κ1) is 10.9. The summed E-state index contributed by atoms with van der Waals surface area (Å²) in [5.41, 5.74) is 1.18. The molecule has 1 saturated carbocycles.